The number of carbonyl (C=O) groups is 2. The molecule has 1 aliphatic heterocycles. The van der Waals surface area contributed by atoms with Crippen LogP contribution in [0.25, 0.3) is 0 Å². The zero-order chi connectivity index (χ0) is 19.0. The van der Waals surface area contributed by atoms with E-state index in [1.807, 2.05) is 0 Å². The van der Waals surface area contributed by atoms with Crippen molar-refractivity contribution in [2.45, 2.75) is 44.6 Å². The highest BCUT2D eigenvalue weighted by molar-refractivity contribution is 6.03. The Morgan fingerprint density at radius 2 is 2.07 bits per heavy atom. The second-order valence-corrected chi connectivity index (χ2v) is 7.29. The van der Waals surface area contributed by atoms with Gasteiger partial charge in [-0.2, -0.15) is 0 Å². The number of aromatic nitrogens is 1. The molecule has 0 bridgehead atoms. The first kappa shape index (κ1) is 17.9. The monoisotopic (exact) mass is 371 g/mol. The van der Waals surface area contributed by atoms with Gasteiger partial charge in [0.05, 0.1) is 6.10 Å². The molecular formula is C21H22FNO4. The summed E-state index contributed by atoms with van der Waals surface area (Å²) in [5.74, 6) is -0.783. The van der Waals surface area contributed by atoms with E-state index in [4.69, 9.17) is 9.47 Å². The number of benzene rings is 1. The second-order valence-electron chi connectivity index (χ2n) is 7.29. The summed E-state index contributed by atoms with van der Waals surface area (Å²) in [6.45, 7) is 2.71. The van der Waals surface area contributed by atoms with Gasteiger partial charge in [0, 0.05) is 24.3 Å². The summed E-state index contributed by atoms with van der Waals surface area (Å²) >= 11 is 0. The molecule has 2 aromatic rings. The number of carbonyl (C=O) groups excluding carboxylic acids is 2. The quantitative estimate of drug-likeness (QED) is 0.832. The molecule has 2 atom stereocenters. The molecule has 0 amide bonds. The van der Waals surface area contributed by atoms with Crippen molar-refractivity contribution < 1.29 is 23.5 Å². The molecular weight excluding hydrogens is 349 g/mol. The fraction of sp³-hybridized carbons (Fsp3) is 0.429. The van der Waals surface area contributed by atoms with Crippen molar-refractivity contribution in [2.24, 2.45) is 0 Å². The summed E-state index contributed by atoms with van der Waals surface area (Å²) in [5, 5.41) is 0. The van der Waals surface area contributed by atoms with E-state index in [9.17, 15) is 14.0 Å². The van der Waals surface area contributed by atoms with Crippen molar-refractivity contribution in [1.29, 1.82) is 0 Å². The molecule has 1 aliphatic carbocycles. The van der Waals surface area contributed by atoms with Crippen molar-refractivity contribution in [3.8, 4) is 0 Å². The average molecular weight is 371 g/mol. The Labute approximate surface area is 156 Å². The van der Waals surface area contributed by atoms with Gasteiger partial charge in [0.1, 0.15) is 18.1 Å². The molecule has 1 N–H and O–H groups in total. The van der Waals surface area contributed by atoms with Gasteiger partial charge >= 0.3 is 5.97 Å². The predicted octanol–water partition coefficient (Wildman–Crippen LogP) is 3.71. The molecule has 6 heteroatoms. The molecule has 0 saturated carbocycles. The molecule has 0 radical (unpaired) electrons. The van der Waals surface area contributed by atoms with Gasteiger partial charge in [0.2, 0.25) is 0 Å². The fourth-order valence-electron chi connectivity index (χ4n) is 4.02. The molecule has 27 heavy (non-hydrogen) atoms. The van der Waals surface area contributed by atoms with E-state index in [1.165, 1.54) is 12.1 Å². The Bertz CT molecular complexity index is 865. The van der Waals surface area contributed by atoms with Crippen LogP contribution in [-0.2, 0) is 15.9 Å². The molecule has 0 spiro atoms. The molecule has 1 saturated heterocycles. The molecule has 4 rings (SSSR count). The summed E-state index contributed by atoms with van der Waals surface area (Å²) in [7, 11) is 0. The molecule has 2 aliphatic rings. The van der Waals surface area contributed by atoms with E-state index < -0.39 is 5.97 Å². The molecule has 1 fully saturated rings. The summed E-state index contributed by atoms with van der Waals surface area (Å²) in [5.41, 5.74) is 3.25. The zero-order valence-corrected chi connectivity index (χ0v) is 15.2. The number of ketones is 1. The van der Waals surface area contributed by atoms with Crippen molar-refractivity contribution >= 4 is 11.8 Å². The SMILES string of the molecule is Cc1c(C(=O)OC[C@@H]2CCCO2)[nH]c2c1C(=O)C[C@H](c1ccc(F)cc1)C2. The highest BCUT2D eigenvalue weighted by Crippen LogP contribution is 2.35. The van der Waals surface area contributed by atoms with E-state index in [0.29, 0.717) is 36.3 Å². The summed E-state index contributed by atoms with van der Waals surface area (Å²) in [6.07, 6.45) is 2.79. The number of hydrogen-bond acceptors (Lipinski definition) is 4. The number of hydrogen-bond donors (Lipinski definition) is 1. The third-order valence-electron chi connectivity index (χ3n) is 5.46. The minimum atomic E-state index is -0.455. The van der Waals surface area contributed by atoms with Crippen LogP contribution in [0.1, 0.15) is 62.8 Å². The fourth-order valence-corrected chi connectivity index (χ4v) is 4.02. The van der Waals surface area contributed by atoms with Crippen molar-refractivity contribution in [2.75, 3.05) is 13.2 Å². The van der Waals surface area contributed by atoms with Crippen LogP contribution in [0.15, 0.2) is 24.3 Å². The standard InChI is InChI=1S/C21H22FNO4/c1-12-19-17(23-20(12)21(25)27-11-16-3-2-8-26-16)9-14(10-18(19)24)13-4-6-15(22)7-5-13/h4-7,14,16,23H,2-3,8-11H2,1H3/t14-,16+/m1/s1. The highest BCUT2D eigenvalue weighted by Gasteiger charge is 2.32. The Morgan fingerprint density at radius 1 is 1.30 bits per heavy atom. The Morgan fingerprint density at radius 3 is 2.78 bits per heavy atom. The number of esters is 1. The first-order chi connectivity index (χ1) is 13.0. The Kier molecular flexibility index (Phi) is 4.83. The number of H-pyrrole nitrogens is 1. The topological polar surface area (TPSA) is 68.4 Å². The van der Waals surface area contributed by atoms with Crippen molar-refractivity contribution in [3.05, 3.63) is 58.2 Å². The van der Waals surface area contributed by atoms with Crippen LogP contribution in [0, 0.1) is 12.7 Å². The van der Waals surface area contributed by atoms with Gasteiger partial charge < -0.3 is 14.5 Å². The highest BCUT2D eigenvalue weighted by atomic mass is 19.1. The maximum absolute atomic E-state index is 13.2. The number of ether oxygens (including phenoxy) is 2. The smallest absolute Gasteiger partial charge is 0.355 e. The average Bonchev–Trinajstić information content (AvgIpc) is 3.28. The number of Topliss-reactive ketones (excluding diaryl/α,β-unsaturated/α-hetero) is 1. The van der Waals surface area contributed by atoms with Crippen LogP contribution in [0.2, 0.25) is 0 Å². The summed E-state index contributed by atoms with van der Waals surface area (Å²) < 4.78 is 24.0. The molecule has 142 valence electrons. The van der Waals surface area contributed by atoms with E-state index in [-0.39, 0.29) is 30.2 Å². The minimum absolute atomic E-state index is 0.00231. The summed E-state index contributed by atoms with van der Waals surface area (Å²) in [4.78, 5) is 28.3. The zero-order valence-electron chi connectivity index (χ0n) is 15.2. The lowest BCUT2D eigenvalue weighted by atomic mass is 9.81. The van der Waals surface area contributed by atoms with E-state index in [1.54, 1.807) is 19.1 Å². The number of halogens is 1. The first-order valence-corrected chi connectivity index (χ1v) is 9.31. The van der Waals surface area contributed by atoms with E-state index in [2.05, 4.69) is 4.98 Å². The third kappa shape index (κ3) is 3.54. The minimum Gasteiger partial charge on any atom is -0.458 e. The van der Waals surface area contributed by atoms with Crippen LogP contribution < -0.4 is 0 Å². The van der Waals surface area contributed by atoms with Gasteiger partial charge in [0.25, 0.3) is 0 Å². The van der Waals surface area contributed by atoms with E-state index in [0.717, 1.165) is 24.1 Å². The molecule has 1 aromatic carbocycles. The van der Waals surface area contributed by atoms with Crippen molar-refractivity contribution in [1.82, 2.24) is 4.98 Å². The lowest BCUT2D eigenvalue weighted by Gasteiger charge is -2.22. The summed E-state index contributed by atoms with van der Waals surface area (Å²) in [6, 6.07) is 6.24. The third-order valence-corrected chi connectivity index (χ3v) is 5.46. The van der Waals surface area contributed by atoms with Gasteiger partial charge in [-0.25, -0.2) is 9.18 Å². The lowest BCUT2D eigenvalue weighted by molar-refractivity contribution is 0.0156. The molecule has 0 unspecified atom stereocenters. The van der Waals surface area contributed by atoms with Gasteiger partial charge in [-0.1, -0.05) is 12.1 Å². The maximum Gasteiger partial charge on any atom is 0.355 e. The largest absolute Gasteiger partial charge is 0.458 e. The van der Waals surface area contributed by atoms with Crippen LogP contribution in [-0.4, -0.2) is 36.1 Å². The predicted molar refractivity (Wildman–Crippen MR) is 96.6 cm³/mol. The molecule has 2 heterocycles. The second kappa shape index (κ2) is 7.27. The van der Waals surface area contributed by atoms with Crippen LogP contribution in [0.4, 0.5) is 4.39 Å². The Balaban J connectivity index is 1.52. The maximum atomic E-state index is 13.2. The molecule has 1 aromatic heterocycles. The van der Waals surface area contributed by atoms with Gasteiger partial charge in [-0.15, -0.1) is 0 Å². The van der Waals surface area contributed by atoms with Crippen LogP contribution >= 0.6 is 0 Å². The number of rotatable bonds is 4. The van der Waals surface area contributed by atoms with Gasteiger partial charge in [0.15, 0.2) is 5.78 Å². The number of nitrogens with one attached hydrogen (secondary N) is 1. The first-order valence-electron chi connectivity index (χ1n) is 9.31. The molecule has 5 nitrogen and oxygen atoms in total. The Hall–Kier alpha value is -2.47. The normalized spacial score (nSPS) is 21.9. The van der Waals surface area contributed by atoms with Crippen LogP contribution in [0.3, 0.4) is 0 Å². The number of aromatic amines is 1. The van der Waals surface area contributed by atoms with Crippen LogP contribution in [0.5, 0.6) is 0 Å². The van der Waals surface area contributed by atoms with E-state index >= 15 is 0 Å². The van der Waals surface area contributed by atoms with Gasteiger partial charge in [-0.05, 0) is 55.4 Å². The lowest BCUT2D eigenvalue weighted by Crippen LogP contribution is -2.18. The number of fused-ring (bicyclic) bond motifs is 1. The van der Waals surface area contributed by atoms with Crippen molar-refractivity contribution in [3.63, 3.8) is 0 Å². The van der Waals surface area contributed by atoms with Gasteiger partial charge in [-0.3, -0.25) is 4.79 Å².